The van der Waals surface area contributed by atoms with Crippen LogP contribution in [-0.4, -0.2) is 16.0 Å². The number of fused-ring (bicyclic) bond motifs is 1. The van der Waals surface area contributed by atoms with E-state index < -0.39 is 0 Å². The van der Waals surface area contributed by atoms with Crippen LogP contribution < -0.4 is 10.6 Å². The Bertz CT molecular complexity index is 666. The molecular formula is C17H22N4. The summed E-state index contributed by atoms with van der Waals surface area (Å²) in [7, 11) is 0. The number of nitrogens with two attached hydrogens (primary N) is 1. The van der Waals surface area contributed by atoms with Gasteiger partial charge in [-0.25, -0.2) is 9.97 Å². The van der Waals surface area contributed by atoms with Crippen LogP contribution in [0, 0.1) is 6.92 Å². The summed E-state index contributed by atoms with van der Waals surface area (Å²) in [5.74, 6) is 2.40. The largest absolute Gasteiger partial charge is 0.383 e. The van der Waals surface area contributed by atoms with E-state index in [0.29, 0.717) is 11.9 Å². The van der Waals surface area contributed by atoms with Gasteiger partial charge in [0.2, 0.25) is 0 Å². The van der Waals surface area contributed by atoms with Gasteiger partial charge < -0.3 is 10.6 Å². The third-order valence-corrected chi connectivity index (χ3v) is 4.11. The number of benzene rings is 1. The summed E-state index contributed by atoms with van der Waals surface area (Å²) in [6.07, 6.45) is 2.93. The monoisotopic (exact) mass is 282 g/mol. The highest BCUT2D eigenvalue weighted by Gasteiger charge is 2.29. The van der Waals surface area contributed by atoms with Gasteiger partial charge in [-0.2, -0.15) is 0 Å². The van der Waals surface area contributed by atoms with E-state index in [0.717, 1.165) is 36.5 Å². The Hall–Kier alpha value is -2.10. The van der Waals surface area contributed by atoms with Gasteiger partial charge >= 0.3 is 0 Å². The minimum atomic E-state index is 0.393. The number of aryl methyl sites for hydroxylation is 1. The zero-order valence-corrected chi connectivity index (χ0v) is 12.9. The highest BCUT2D eigenvalue weighted by Crippen LogP contribution is 2.39. The van der Waals surface area contributed by atoms with E-state index in [2.05, 4.69) is 48.0 Å². The van der Waals surface area contributed by atoms with Crippen LogP contribution in [0.5, 0.6) is 0 Å². The lowest BCUT2D eigenvalue weighted by Crippen LogP contribution is -2.26. The quantitative estimate of drug-likeness (QED) is 0.937. The molecule has 110 valence electrons. The molecule has 1 aliphatic rings. The fourth-order valence-electron chi connectivity index (χ4n) is 3.03. The summed E-state index contributed by atoms with van der Waals surface area (Å²) in [6, 6.07) is 8.93. The van der Waals surface area contributed by atoms with E-state index in [9.17, 15) is 0 Å². The van der Waals surface area contributed by atoms with Crippen molar-refractivity contribution in [2.45, 2.75) is 46.1 Å². The molecule has 1 aromatic carbocycles. The number of hydrogen-bond acceptors (Lipinski definition) is 4. The molecule has 1 unspecified atom stereocenters. The van der Waals surface area contributed by atoms with Crippen LogP contribution in [0.15, 0.2) is 24.3 Å². The van der Waals surface area contributed by atoms with Gasteiger partial charge in [-0.15, -0.1) is 0 Å². The SMILES string of the molecule is CCCc1nc(N)c(C)c(N2c3ccccc3CC2C)n1. The lowest BCUT2D eigenvalue weighted by atomic mass is 10.1. The molecule has 4 heteroatoms. The molecular weight excluding hydrogens is 260 g/mol. The van der Waals surface area contributed by atoms with Crippen molar-refractivity contribution in [3.8, 4) is 0 Å². The van der Waals surface area contributed by atoms with Crippen molar-refractivity contribution in [3.05, 3.63) is 41.2 Å². The molecule has 2 N–H and O–H groups in total. The highest BCUT2D eigenvalue weighted by atomic mass is 15.2. The summed E-state index contributed by atoms with van der Waals surface area (Å²) in [5, 5.41) is 0. The lowest BCUT2D eigenvalue weighted by molar-refractivity contribution is 0.738. The molecule has 0 amide bonds. The van der Waals surface area contributed by atoms with Crippen LogP contribution in [0.25, 0.3) is 0 Å². The molecule has 0 bridgehead atoms. The second-order valence-electron chi connectivity index (χ2n) is 5.78. The molecule has 1 aromatic heterocycles. The molecule has 1 atom stereocenters. The summed E-state index contributed by atoms with van der Waals surface area (Å²) in [6.45, 7) is 6.37. The first-order valence-corrected chi connectivity index (χ1v) is 7.62. The summed E-state index contributed by atoms with van der Waals surface area (Å²) in [4.78, 5) is 11.5. The Labute approximate surface area is 126 Å². The van der Waals surface area contributed by atoms with Crippen molar-refractivity contribution < 1.29 is 0 Å². The Kier molecular flexibility index (Phi) is 3.53. The predicted octanol–water partition coefficient (Wildman–Crippen LogP) is 3.40. The summed E-state index contributed by atoms with van der Waals surface area (Å²) >= 11 is 0. The van der Waals surface area contributed by atoms with Crippen molar-refractivity contribution >= 4 is 17.3 Å². The average molecular weight is 282 g/mol. The van der Waals surface area contributed by atoms with Gasteiger partial charge in [-0.3, -0.25) is 0 Å². The minimum absolute atomic E-state index is 0.393. The van der Waals surface area contributed by atoms with Gasteiger partial charge in [0.1, 0.15) is 17.5 Å². The first kappa shape index (κ1) is 13.9. The Balaban J connectivity index is 2.12. The van der Waals surface area contributed by atoms with E-state index in [1.807, 2.05) is 6.92 Å². The highest BCUT2D eigenvalue weighted by molar-refractivity contribution is 5.72. The van der Waals surface area contributed by atoms with Crippen LogP contribution in [0.2, 0.25) is 0 Å². The van der Waals surface area contributed by atoms with Gasteiger partial charge in [0, 0.05) is 23.7 Å². The van der Waals surface area contributed by atoms with Gasteiger partial charge in [-0.05, 0) is 38.3 Å². The molecule has 21 heavy (non-hydrogen) atoms. The Morgan fingerprint density at radius 2 is 2.05 bits per heavy atom. The third kappa shape index (κ3) is 2.35. The normalized spacial score (nSPS) is 17.1. The number of aromatic nitrogens is 2. The van der Waals surface area contributed by atoms with Crippen LogP contribution in [0.4, 0.5) is 17.3 Å². The molecule has 0 aliphatic carbocycles. The number of anilines is 3. The molecule has 2 heterocycles. The van der Waals surface area contributed by atoms with Gasteiger partial charge in [0.05, 0.1) is 0 Å². The average Bonchev–Trinajstić information content (AvgIpc) is 2.79. The fourth-order valence-corrected chi connectivity index (χ4v) is 3.03. The van der Waals surface area contributed by atoms with E-state index in [1.54, 1.807) is 0 Å². The molecule has 1 aliphatic heterocycles. The maximum Gasteiger partial charge on any atom is 0.142 e. The zero-order valence-electron chi connectivity index (χ0n) is 12.9. The van der Waals surface area contributed by atoms with Crippen molar-refractivity contribution in [1.82, 2.24) is 9.97 Å². The second-order valence-corrected chi connectivity index (χ2v) is 5.78. The molecule has 4 nitrogen and oxygen atoms in total. The van der Waals surface area contributed by atoms with Crippen molar-refractivity contribution in [2.24, 2.45) is 0 Å². The van der Waals surface area contributed by atoms with Gasteiger partial charge in [0.15, 0.2) is 0 Å². The molecule has 0 radical (unpaired) electrons. The first-order valence-electron chi connectivity index (χ1n) is 7.62. The second kappa shape index (κ2) is 5.35. The Morgan fingerprint density at radius 1 is 1.29 bits per heavy atom. The third-order valence-electron chi connectivity index (χ3n) is 4.11. The van der Waals surface area contributed by atoms with Gasteiger partial charge in [0.25, 0.3) is 0 Å². The van der Waals surface area contributed by atoms with Gasteiger partial charge in [-0.1, -0.05) is 25.1 Å². The van der Waals surface area contributed by atoms with Crippen LogP contribution >= 0.6 is 0 Å². The first-order chi connectivity index (χ1) is 10.1. The standard InChI is InChI=1S/C17H22N4/c1-4-7-15-19-16(18)12(3)17(20-15)21-11(2)10-13-8-5-6-9-14(13)21/h5-6,8-9,11H,4,7,10H2,1-3H3,(H2,18,19,20). The van der Waals surface area contributed by atoms with Crippen LogP contribution in [-0.2, 0) is 12.8 Å². The van der Waals surface area contributed by atoms with Crippen molar-refractivity contribution in [2.75, 3.05) is 10.6 Å². The number of hydrogen-bond donors (Lipinski definition) is 1. The summed E-state index contributed by atoms with van der Waals surface area (Å²) < 4.78 is 0. The number of rotatable bonds is 3. The van der Waals surface area contributed by atoms with E-state index in [-0.39, 0.29) is 0 Å². The lowest BCUT2D eigenvalue weighted by Gasteiger charge is -2.26. The van der Waals surface area contributed by atoms with Crippen LogP contribution in [0.1, 0.15) is 37.2 Å². The van der Waals surface area contributed by atoms with Crippen molar-refractivity contribution in [3.63, 3.8) is 0 Å². The molecule has 0 saturated heterocycles. The molecule has 0 spiro atoms. The minimum Gasteiger partial charge on any atom is -0.383 e. The predicted molar refractivity (Wildman–Crippen MR) is 86.9 cm³/mol. The number of nitrogen functional groups attached to an aromatic ring is 1. The number of nitrogens with zero attached hydrogens (tertiary/aromatic N) is 3. The topological polar surface area (TPSA) is 55.0 Å². The zero-order chi connectivity index (χ0) is 15.0. The van der Waals surface area contributed by atoms with Crippen molar-refractivity contribution in [1.29, 1.82) is 0 Å². The molecule has 0 fully saturated rings. The maximum absolute atomic E-state index is 6.11. The van der Waals surface area contributed by atoms with E-state index in [1.165, 1.54) is 11.3 Å². The molecule has 2 aromatic rings. The van der Waals surface area contributed by atoms with E-state index >= 15 is 0 Å². The van der Waals surface area contributed by atoms with Crippen LogP contribution in [0.3, 0.4) is 0 Å². The van der Waals surface area contributed by atoms with E-state index in [4.69, 9.17) is 10.7 Å². The summed E-state index contributed by atoms with van der Waals surface area (Å²) in [5.41, 5.74) is 9.70. The fraction of sp³-hybridized carbons (Fsp3) is 0.412. The maximum atomic E-state index is 6.11. The smallest absolute Gasteiger partial charge is 0.142 e. The number of para-hydroxylation sites is 1. The molecule has 3 rings (SSSR count). The molecule has 0 saturated carbocycles. The Morgan fingerprint density at radius 3 is 2.81 bits per heavy atom.